The number of hydrogen-bond donors (Lipinski definition) is 2. The molecular weight excluding hydrogens is 250 g/mol. The summed E-state index contributed by atoms with van der Waals surface area (Å²) in [6.07, 6.45) is 10.5. The van der Waals surface area contributed by atoms with Crippen LogP contribution in [0, 0.1) is 17.8 Å². The molecule has 0 aromatic carbocycles. The third kappa shape index (κ3) is 5.94. The van der Waals surface area contributed by atoms with Crippen LogP contribution in [0.2, 0.25) is 0 Å². The first-order valence-electron chi connectivity index (χ1n) is 8.29. The molecular formula is C17H31NO2. The van der Waals surface area contributed by atoms with Crippen molar-refractivity contribution in [2.45, 2.75) is 58.1 Å². The Balaban J connectivity index is 1.50. The minimum Gasteiger partial charge on any atom is -0.389 e. The largest absolute Gasteiger partial charge is 0.389 e. The fourth-order valence-corrected chi connectivity index (χ4v) is 2.93. The zero-order valence-corrected chi connectivity index (χ0v) is 13.1. The summed E-state index contributed by atoms with van der Waals surface area (Å²) in [6.45, 7) is 6.38. The van der Waals surface area contributed by atoms with Gasteiger partial charge in [0, 0.05) is 12.6 Å². The van der Waals surface area contributed by atoms with Crippen molar-refractivity contribution in [2.75, 3.05) is 19.8 Å². The second-order valence-corrected chi connectivity index (χ2v) is 6.86. The molecule has 0 aromatic heterocycles. The van der Waals surface area contributed by atoms with Crippen LogP contribution >= 0.6 is 0 Å². The molecule has 0 aliphatic heterocycles. The molecule has 1 fully saturated rings. The van der Waals surface area contributed by atoms with E-state index in [1.807, 2.05) is 0 Å². The van der Waals surface area contributed by atoms with Gasteiger partial charge in [-0.3, -0.25) is 0 Å². The lowest BCUT2D eigenvalue weighted by atomic mass is 9.85. The second-order valence-electron chi connectivity index (χ2n) is 6.86. The molecule has 0 heterocycles. The van der Waals surface area contributed by atoms with Gasteiger partial charge in [-0.05, 0) is 43.9 Å². The van der Waals surface area contributed by atoms with Gasteiger partial charge in [0.25, 0.3) is 0 Å². The van der Waals surface area contributed by atoms with Crippen LogP contribution < -0.4 is 5.32 Å². The van der Waals surface area contributed by atoms with E-state index in [0.29, 0.717) is 31.0 Å². The van der Waals surface area contributed by atoms with Gasteiger partial charge in [-0.15, -0.1) is 0 Å². The van der Waals surface area contributed by atoms with Crippen molar-refractivity contribution >= 4 is 0 Å². The van der Waals surface area contributed by atoms with Crippen LogP contribution in [0.5, 0.6) is 0 Å². The highest BCUT2D eigenvalue weighted by Crippen LogP contribution is 2.33. The van der Waals surface area contributed by atoms with Gasteiger partial charge in [0.2, 0.25) is 0 Å². The summed E-state index contributed by atoms with van der Waals surface area (Å²) in [4.78, 5) is 0. The van der Waals surface area contributed by atoms with E-state index < -0.39 is 0 Å². The summed E-state index contributed by atoms with van der Waals surface area (Å²) in [7, 11) is 0. The predicted octanol–water partition coefficient (Wildman–Crippen LogP) is 2.74. The quantitative estimate of drug-likeness (QED) is 0.639. The minimum atomic E-state index is -0.383. The van der Waals surface area contributed by atoms with Crippen LogP contribution in [0.15, 0.2) is 12.2 Å². The fourth-order valence-electron chi connectivity index (χ4n) is 2.93. The third-order valence-electron chi connectivity index (χ3n) is 4.65. The Morgan fingerprint density at radius 2 is 2.05 bits per heavy atom. The number of aliphatic hydroxyl groups is 1. The first kappa shape index (κ1) is 16.0. The molecule has 0 aromatic rings. The van der Waals surface area contributed by atoms with Gasteiger partial charge in [-0.25, -0.2) is 0 Å². The molecule has 4 unspecified atom stereocenters. The molecule has 4 atom stereocenters. The third-order valence-corrected chi connectivity index (χ3v) is 4.65. The average Bonchev–Trinajstić information content (AvgIpc) is 3.22. The van der Waals surface area contributed by atoms with Gasteiger partial charge in [0.15, 0.2) is 0 Å². The average molecular weight is 281 g/mol. The lowest BCUT2D eigenvalue weighted by Crippen LogP contribution is -2.36. The molecule has 1 saturated carbocycles. The predicted molar refractivity (Wildman–Crippen MR) is 82.7 cm³/mol. The molecule has 0 saturated heterocycles. The summed E-state index contributed by atoms with van der Waals surface area (Å²) in [6, 6.07) is 0.514. The van der Waals surface area contributed by atoms with Crippen molar-refractivity contribution in [3.8, 4) is 0 Å². The van der Waals surface area contributed by atoms with Crippen LogP contribution in [0.25, 0.3) is 0 Å². The topological polar surface area (TPSA) is 41.5 Å². The molecule has 2 N–H and O–H groups in total. The van der Waals surface area contributed by atoms with Crippen molar-refractivity contribution in [2.24, 2.45) is 17.8 Å². The number of hydrogen-bond acceptors (Lipinski definition) is 3. The standard InChI is InChI=1S/C17H31NO2/c1-13-5-3-4-6-16(13)11-20-12-17(19)10-18-14(2)9-15-7-8-15/h3-4,13-19H,5-12H2,1-2H3. The molecule has 3 heteroatoms. The Hall–Kier alpha value is -0.380. The van der Waals surface area contributed by atoms with Crippen molar-refractivity contribution in [1.29, 1.82) is 0 Å². The lowest BCUT2D eigenvalue weighted by molar-refractivity contribution is 0.0119. The molecule has 0 bridgehead atoms. The first-order chi connectivity index (χ1) is 9.65. The molecule has 2 aliphatic carbocycles. The Kier molecular flexibility index (Phi) is 6.53. The Morgan fingerprint density at radius 3 is 2.75 bits per heavy atom. The van der Waals surface area contributed by atoms with E-state index in [0.717, 1.165) is 25.4 Å². The van der Waals surface area contributed by atoms with E-state index in [-0.39, 0.29) is 6.10 Å². The van der Waals surface area contributed by atoms with Gasteiger partial charge in [-0.1, -0.05) is 31.9 Å². The smallest absolute Gasteiger partial charge is 0.0897 e. The maximum atomic E-state index is 9.94. The highest BCUT2D eigenvalue weighted by molar-refractivity contribution is 4.93. The number of allylic oxidation sites excluding steroid dienone is 2. The SMILES string of the molecule is CC(CC1CC1)NCC(O)COCC1CC=CCC1C. The number of nitrogens with one attached hydrogen (secondary N) is 1. The van der Waals surface area contributed by atoms with E-state index in [1.165, 1.54) is 19.3 Å². The molecule has 0 spiro atoms. The van der Waals surface area contributed by atoms with Crippen LogP contribution in [0.3, 0.4) is 0 Å². The Labute approximate surface area is 123 Å². The molecule has 0 amide bonds. The van der Waals surface area contributed by atoms with Gasteiger partial charge < -0.3 is 15.2 Å². The summed E-state index contributed by atoms with van der Waals surface area (Å²) in [5, 5.41) is 13.4. The highest BCUT2D eigenvalue weighted by Gasteiger charge is 2.23. The summed E-state index contributed by atoms with van der Waals surface area (Å²) in [5.41, 5.74) is 0. The lowest BCUT2D eigenvalue weighted by Gasteiger charge is -2.25. The molecule has 3 nitrogen and oxygen atoms in total. The van der Waals surface area contributed by atoms with Crippen molar-refractivity contribution in [3.05, 3.63) is 12.2 Å². The van der Waals surface area contributed by atoms with Crippen LogP contribution in [0.1, 0.15) is 46.0 Å². The fraction of sp³-hybridized carbons (Fsp3) is 0.882. The van der Waals surface area contributed by atoms with Crippen molar-refractivity contribution in [3.63, 3.8) is 0 Å². The van der Waals surface area contributed by atoms with Crippen molar-refractivity contribution in [1.82, 2.24) is 5.32 Å². The summed E-state index contributed by atoms with van der Waals surface area (Å²) >= 11 is 0. The van der Waals surface area contributed by atoms with E-state index in [4.69, 9.17) is 4.74 Å². The molecule has 2 aliphatic rings. The maximum Gasteiger partial charge on any atom is 0.0897 e. The van der Waals surface area contributed by atoms with Crippen LogP contribution in [-0.2, 0) is 4.74 Å². The van der Waals surface area contributed by atoms with E-state index >= 15 is 0 Å². The van der Waals surface area contributed by atoms with Crippen LogP contribution in [0.4, 0.5) is 0 Å². The molecule has 2 rings (SSSR count). The van der Waals surface area contributed by atoms with Gasteiger partial charge in [0.1, 0.15) is 0 Å². The monoisotopic (exact) mass is 281 g/mol. The number of rotatable bonds is 9. The first-order valence-corrected chi connectivity index (χ1v) is 8.29. The second kappa shape index (κ2) is 8.16. The summed E-state index contributed by atoms with van der Waals surface area (Å²) in [5.74, 6) is 2.26. The van der Waals surface area contributed by atoms with Gasteiger partial charge in [0.05, 0.1) is 19.3 Å². The molecule has 116 valence electrons. The number of ether oxygens (including phenoxy) is 1. The Bertz CT molecular complexity index is 301. The Morgan fingerprint density at radius 1 is 1.30 bits per heavy atom. The molecule has 0 radical (unpaired) electrons. The van der Waals surface area contributed by atoms with Crippen LogP contribution in [-0.4, -0.2) is 37.0 Å². The minimum absolute atomic E-state index is 0.383. The molecule has 20 heavy (non-hydrogen) atoms. The number of aliphatic hydroxyl groups excluding tert-OH is 1. The zero-order chi connectivity index (χ0) is 14.4. The van der Waals surface area contributed by atoms with Gasteiger partial charge in [-0.2, -0.15) is 0 Å². The van der Waals surface area contributed by atoms with Crippen molar-refractivity contribution < 1.29 is 9.84 Å². The normalized spacial score (nSPS) is 29.4. The zero-order valence-electron chi connectivity index (χ0n) is 13.1. The van der Waals surface area contributed by atoms with E-state index in [1.54, 1.807) is 0 Å². The maximum absolute atomic E-state index is 9.94. The summed E-state index contributed by atoms with van der Waals surface area (Å²) < 4.78 is 5.71. The van der Waals surface area contributed by atoms with Gasteiger partial charge >= 0.3 is 0 Å². The van der Waals surface area contributed by atoms with E-state index in [2.05, 4.69) is 31.3 Å². The highest BCUT2D eigenvalue weighted by atomic mass is 16.5. The van der Waals surface area contributed by atoms with E-state index in [9.17, 15) is 5.11 Å².